The van der Waals surface area contributed by atoms with Crippen molar-refractivity contribution in [2.24, 2.45) is 0 Å². The van der Waals surface area contributed by atoms with E-state index in [-0.39, 0.29) is 0 Å². The summed E-state index contributed by atoms with van der Waals surface area (Å²) in [5, 5.41) is 0. The minimum atomic E-state index is -3.42. The van der Waals surface area contributed by atoms with Gasteiger partial charge < -0.3 is 0 Å². The van der Waals surface area contributed by atoms with Crippen LogP contribution in [-0.4, -0.2) is 14.2 Å². The predicted molar refractivity (Wildman–Crippen MR) is 31.7 cm³/mol. The number of nitrogens with one attached hydrogen (secondary N) is 1. The number of hydrogen-bond acceptors (Lipinski definition) is 5. The molecule has 0 radical (unpaired) electrons. The van der Waals surface area contributed by atoms with Gasteiger partial charge >= 0.3 is 7.82 Å². The zero-order valence-corrected chi connectivity index (χ0v) is 6.61. The highest BCUT2D eigenvalue weighted by Gasteiger charge is 2.22. The molecule has 0 amide bonds. The third-order valence-electron chi connectivity index (χ3n) is 0.594. The van der Waals surface area contributed by atoms with Crippen molar-refractivity contribution < 1.29 is 18.2 Å². The van der Waals surface area contributed by atoms with Gasteiger partial charge in [0, 0.05) is 26.0 Å². The Hall–Kier alpha value is 0.360. The van der Waals surface area contributed by atoms with Crippen LogP contribution in [0.5, 0.6) is 0 Å². The molecular weight excluding hydrogens is 168 g/mol. The number of phosphoric ester groups is 1. The Morgan fingerprint density at radius 1 is 1.44 bits per heavy atom. The Labute approximate surface area is 57.9 Å². The Bertz CT molecular complexity index is 111. The van der Waals surface area contributed by atoms with Crippen molar-refractivity contribution in [3.63, 3.8) is 0 Å². The monoisotopic (exact) mass is 175 g/mol. The van der Waals surface area contributed by atoms with Gasteiger partial charge in [0.1, 0.15) is 0 Å². The zero-order chi connectivity index (χ0) is 7.33. The molecule has 0 spiro atoms. The van der Waals surface area contributed by atoms with Crippen molar-refractivity contribution in [3.05, 3.63) is 0 Å². The quantitative estimate of drug-likeness (QED) is 0.393. The number of hydrogen-bond donors (Lipinski definition) is 1. The van der Waals surface area contributed by atoms with E-state index >= 15 is 0 Å². The minimum Gasteiger partial charge on any atom is -0.289 e. The lowest BCUT2D eigenvalue weighted by molar-refractivity contribution is 0.133. The van der Waals surface area contributed by atoms with Gasteiger partial charge in [-0.3, -0.25) is 9.05 Å². The van der Waals surface area contributed by atoms with Crippen LogP contribution in [0.1, 0.15) is 0 Å². The first-order chi connectivity index (χ1) is 4.18. The van der Waals surface area contributed by atoms with Gasteiger partial charge in [-0.05, 0) is 0 Å². The van der Waals surface area contributed by atoms with Crippen LogP contribution in [0.25, 0.3) is 0 Å². The normalized spacial score (nSPS) is 11.9. The first-order valence-electron chi connectivity index (χ1n) is 1.94. The van der Waals surface area contributed by atoms with Gasteiger partial charge in [-0.1, -0.05) is 0 Å². The molecule has 0 aromatic heterocycles. The summed E-state index contributed by atoms with van der Waals surface area (Å²) in [5.74, 6) is 0. The Morgan fingerprint density at radius 3 is 2.00 bits per heavy atom. The highest BCUT2D eigenvalue weighted by Crippen LogP contribution is 2.46. The van der Waals surface area contributed by atoms with E-state index in [9.17, 15) is 4.57 Å². The van der Waals surface area contributed by atoms with E-state index in [1.54, 1.807) is 5.00 Å². The molecule has 0 aromatic rings. The van der Waals surface area contributed by atoms with Gasteiger partial charge in [-0.15, -0.1) is 5.00 Å². The first kappa shape index (κ1) is 9.36. The van der Waals surface area contributed by atoms with E-state index in [0.29, 0.717) is 0 Å². The van der Waals surface area contributed by atoms with Crippen LogP contribution >= 0.6 is 19.6 Å². The van der Waals surface area contributed by atoms with Gasteiger partial charge in [0.05, 0.1) is 0 Å². The third-order valence-corrected chi connectivity index (χ3v) is 1.99. The fourth-order valence-electron chi connectivity index (χ4n) is 0.191. The molecule has 0 bridgehead atoms. The molecule has 56 valence electrons. The van der Waals surface area contributed by atoms with E-state index in [0.717, 1.165) is 0 Å². The molecule has 1 N–H and O–H groups in total. The van der Waals surface area contributed by atoms with Gasteiger partial charge in [0.15, 0.2) is 0 Å². The summed E-state index contributed by atoms with van der Waals surface area (Å²) < 4.78 is 23.5. The zero-order valence-electron chi connectivity index (χ0n) is 4.96. The second-order valence-electron chi connectivity index (χ2n) is 0.981. The molecule has 0 saturated heterocycles. The molecule has 0 saturated carbocycles. The number of rotatable bonds is 4. The van der Waals surface area contributed by atoms with E-state index in [1.165, 1.54) is 14.2 Å². The molecule has 9 heavy (non-hydrogen) atoms. The van der Waals surface area contributed by atoms with Gasteiger partial charge in [0.25, 0.3) is 0 Å². The van der Waals surface area contributed by atoms with Crippen LogP contribution in [0.15, 0.2) is 0 Å². The molecule has 7 heteroatoms. The average molecular weight is 176 g/mol. The largest absolute Gasteiger partial charge is 0.491 e. The SMILES string of the molecule is COP(=O)(OC)ONCl. The Kier molecular flexibility index (Phi) is 4.39. The summed E-state index contributed by atoms with van der Waals surface area (Å²) in [6.45, 7) is 0. The van der Waals surface area contributed by atoms with E-state index in [2.05, 4.69) is 13.7 Å². The van der Waals surface area contributed by atoms with Crippen LogP contribution < -0.4 is 5.00 Å². The van der Waals surface area contributed by atoms with Crippen LogP contribution in [0, 0.1) is 0 Å². The highest BCUT2D eigenvalue weighted by molar-refractivity contribution is 7.48. The van der Waals surface area contributed by atoms with E-state index in [4.69, 9.17) is 11.8 Å². The second kappa shape index (κ2) is 4.22. The topological polar surface area (TPSA) is 56.8 Å². The molecule has 5 nitrogen and oxygen atoms in total. The second-order valence-corrected chi connectivity index (χ2v) is 2.94. The third kappa shape index (κ3) is 3.15. The fraction of sp³-hybridized carbons (Fsp3) is 1.00. The summed E-state index contributed by atoms with van der Waals surface area (Å²) in [6, 6.07) is 0. The summed E-state index contributed by atoms with van der Waals surface area (Å²) in [7, 11) is -1.07. The molecule has 0 atom stereocenters. The summed E-state index contributed by atoms with van der Waals surface area (Å²) in [4.78, 5) is 1.67. The summed E-state index contributed by atoms with van der Waals surface area (Å²) in [6.07, 6.45) is 0. The summed E-state index contributed by atoms with van der Waals surface area (Å²) in [5.41, 5.74) is 0. The standard InChI is InChI=1S/C2H7ClNO4P/c1-6-9(5,7-2)8-4-3/h4H,1-2H3. The molecule has 0 aliphatic heterocycles. The number of halogens is 1. The maximum atomic E-state index is 10.7. The van der Waals surface area contributed by atoms with E-state index < -0.39 is 7.82 Å². The van der Waals surface area contributed by atoms with E-state index in [1.807, 2.05) is 0 Å². The first-order valence-corrected chi connectivity index (χ1v) is 3.78. The predicted octanol–water partition coefficient (Wildman–Crippen LogP) is 1.06. The average Bonchev–Trinajstić information content (AvgIpc) is 1.89. The van der Waals surface area contributed by atoms with Crippen molar-refractivity contribution in [3.8, 4) is 0 Å². The van der Waals surface area contributed by atoms with Crippen molar-refractivity contribution in [2.75, 3.05) is 14.2 Å². The number of phosphoric acid groups is 1. The molecule has 0 aliphatic rings. The summed E-state index contributed by atoms with van der Waals surface area (Å²) >= 11 is 4.84. The molecule has 0 unspecified atom stereocenters. The molecule has 0 aliphatic carbocycles. The minimum absolute atomic E-state index is 1.18. The smallest absolute Gasteiger partial charge is 0.289 e. The van der Waals surface area contributed by atoms with Crippen molar-refractivity contribution in [1.29, 1.82) is 0 Å². The molecule has 0 aromatic carbocycles. The van der Waals surface area contributed by atoms with Gasteiger partial charge in [-0.25, -0.2) is 4.57 Å². The lowest BCUT2D eigenvalue weighted by Gasteiger charge is -2.09. The Balaban J connectivity index is 3.78. The van der Waals surface area contributed by atoms with Crippen molar-refractivity contribution in [2.45, 2.75) is 0 Å². The van der Waals surface area contributed by atoms with Gasteiger partial charge in [0.2, 0.25) is 0 Å². The van der Waals surface area contributed by atoms with Crippen LogP contribution in [0.2, 0.25) is 0 Å². The van der Waals surface area contributed by atoms with Crippen molar-refractivity contribution >= 4 is 19.6 Å². The van der Waals surface area contributed by atoms with Crippen LogP contribution in [0.3, 0.4) is 0 Å². The lowest BCUT2D eigenvalue weighted by atomic mass is 11.8. The van der Waals surface area contributed by atoms with Gasteiger partial charge in [-0.2, -0.15) is 4.62 Å². The molecule has 0 heterocycles. The maximum absolute atomic E-state index is 10.7. The van der Waals surface area contributed by atoms with Crippen LogP contribution in [0.4, 0.5) is 0 Å². The fourth-order valence-corrected chi connectivity index (χ4v) is 0.828. The Morgan fingerprint density at radius 2 is 1.89 bits per heavy atom. The molecule has 0 rings (SSSR count). The maximum Gasteiger partial charge on any atom is 0.491 e. The lowest BCUT2D eigenvalue weighted by Crippen LogP contribution is -2.01. The highest BCUT2D eigenvalue weighted by atomic mass is 35.5. The molecular formula is C2H7ClNO4P. The van der Waals surface area contributed by atoms with Crippen molar-refractivity contribution in [1.82, 2.24) is 5.00 Å². The van der Waals surface area contributed by atoms with Crippen LogP contribution in [-0.2, 0) is 18.2 Å². The molecule has 0 fully saturated rings.